The van der Waals surface area contributed by atoms with E-state index in [9.17, 15) is 4.79 Å². The van der Waals surface area contributed by atoms with Crippen LogP contribution in [0.3, 0.4) is 0 Å². The van der Waals surface area contributed by atoms with Gasteiger partial charge in [0.1, 0.15) is 0 Å². The second-order valence-corrected chi connectivity index (χ2v) is 5.07. The molecule has 0 fully saturated rings. The molecule has 3 nitrogen and oxygen atoms in total. The molecule has 3 heteroatoms. The number of carbonyl (C=O) groups excluding carboxylic acids is 1. The van der Waals surface area contributed by atoms with Crippen LogP contribution in [0.2, 0.25) is 0 Å². The Morgan fingerprint density at radius 3 is 2.10 bits per heavy atom. The molecule has 0 atom stereocenters. The fraction of sp³-hybridized carbons (Fsp3) is 0.278. The number of nitrogens with one attached hydrogen (secondary N) is 1. The lowest BCUT2D eigenvalue weighted by atomic mass is 10.1. The Labute approximate surface area is 126 Å². The van der Waals surface area contributed by atoms with Crippen LogP contribution in [0.5, 0.6) is 0 Å². The van der Waals surface area contributed by atoms with E-state index in [2.05, 4.69) is 29.6 Å². The van der Waals surface area contributed by atoms with Gasteiger partial charge >= 0.3 is 0 Å². The van der Waals surface area contributed by atoms with Crippen molar-refractivity contribution >= 4 is 5.91 Å². The molecule has 0 aliphatic heterocycles. The van der Waals surface area contributed by atoms with Crippen LogP contribution in [0.15, 0.2) is 60.7 Å². The van der Waals surface area contributed by atoms with Gasteiger partial charge in [0.2, 0.25) is 5.91 Å². The van der Waals surface area contributed by atoms with Crippen LogP contribution in [0.1, 0.15) is 11.1 Å². The number of rotatable bonds is 7. The Bertz CT molecular complexity index is 540. The Balaban J connectivity index is 2.00. The van der Waals surface area contributed by atoms with Crippen molar-refractivity contribution in [2.75, 3.05) is 20.1 Å². The standard InChI is InChI=1S/C18H22N2O/c1-19-14-18(21)20(15-17-10-6-3-7-11-17)13-12-16-8-4-2-5-9-16/h2-11,19H,12-15H2,1H3. The summed E-state index contributed by atoms with van der Waals surface area (Å²) in [5, 5.41) is 2.94. The van der Waals surface area contributed by atoms with Crippen molar-refractivity contribution in [3.63, 3.8) is 0 Å². The largest absolute Gasteiger partial charge is 0.337 e. The van der Waals surface area contributed by atoms with E-state index in [4.69, 9.17) is 0 Å². The predicted molar refractivity (Wildman–Crippen MR) is 85.9 cm³/mol. The van der Waals surface area contributed by atoms with E-state index in [1.54, 1.807) is 7.05 Å². The summed E-state index contributed by atoms with van der Waals surface area (Å²) in [4.78, 5) is 14.1. The first-order valence-electron chi connectivity index (χ1n) is 7.30. The SMILES string of the molecule is CNCC(=O)N(CCc1ccccc1)Cc1ccccc1. The molecule has 0 heterocycles. The molecular weight excluding hydrogens is 260 g/mol. The highest BCUT2D eigenvalue weighted by Gasteiger charge is 2.13. The molecule has 0 saturated carbocycles. The van der Waals surface area contributed by atoms with Crippen molar-refractivity contribution in [3.05, 3.63) is 71.8 Å². The first-order valence-corrected chi connectivity index (χ1v) is 7.30. The monoisotopic (exact) mass is 282 g/mol. The van der Waals surface area contributed by atoms with Gasteiger partial charge in [0.05, 0.1) is 6.54 Å². The maximum Gasteiger partial charge on any atom is 0.236 e. The Morgan fingerprint density at radius 2 is 1.52 bits per heavy atom. The molecule has 0 bridgehead atoms. The summed E-state index contributed by atoms with van der Waals surface area (Å²) in [6.07, 6.45) is 0.878. The molecule has 0 aliphatic rings. The quantitative estimate of drug-likeness (QED) is 0.846. The minimum Gasteiger partial charge on any atom is -0.337 e. The van der Waals surface area contributed by atoms with Crippen LogP contribution in [-0.2, 0) is 17.8 Å². The lowest BCUT2D eigenvalue weighted by molar-refractivity contribution is -0.130. The van der Waals surface area contributed by atoms with E-state index in [0.29, 0.717) is 13.1 Å². The minimum absolute atomic E-state index is 0.136. The molecule has 1 amide bonds. The van der Waals surface area contributed by atoms with Crippen LogP contribution in [0.4, 0.5) is 0 Å². The van der Waals surface area contributed by atoms with E-state index < -0.39 is 0 Å². The number of hydrogen-bond donors (Lipinski definition) is 1. The molecule has 0 aromatic heterocycles. The van der Waals surface area contributed by atoms with E-state index in [0.717, 1.165) is 18.5 Å². The number of amides is 1. The molecule has 2 aromatic carbocycles. The van der Waals surface area contributed by atoms with Gasteiger partial charge in [-0.15, -0.1) is 0 Å². The number of hydrogen-bond acceptors (Lipinski definition) is 2. The van der Waals surface area contributed by atoms with Gasteiger partial charge in [-0.3, -0.25) is 4.79 Å². The van der Waals surface area contributed by atoms with Gasteiger partial charge in [-0.25, -0.2) is 0 Å². The van der Waals surface area contributed by atoms with Crippen molar-refractivity contribution < 1.29 is 4.79 Å². The fourth-order valence-corrected chi connectivity index (χ4v) is 2.27. The summed E-state index contributed by atoms with van der Waals surface area (Å²) in [5.41, 5.74) is 2.42. The highest BCUT2D eigenvalue weighted by molar-refractivity contribution is 5.78. The second-order valence-electron chi connectivity index (χ2n) is 5.07. The third kappa shape index (κ3) is 5.04. The van der Waals surface area contributed by atoms with Crippen molar-refractivity contribution in [2.45, 2.75) is 13.0 Å². The van der Waals surface area contributed by atoms with Gasteiger partial charge in [0.15, 0.2) is 0 Å². The summed E-state index contributed by atoms with van der Waals surface area (Å²) in [5.74, 6) is 0.136. The third-order valence-corrected chi connectivity index (χ3v) is 3.41. The van der Waals surface area contributed by atoms with Gasteiger partial charge in [0.25, 0.3) is 0 Å². The Kier molecular flexibility index (Phi) is 5.98. The van der Waals surface area contributed by atoms with Crippen molar-refractivity contribution in [1.29, 1.82) is 0 Å². The zero-order valence-electron chi connectivity index (χ0n) is 12.5. The third-order valence-electron chi connectivity index (χ3n) is 3.41. The molecule has 0 radical (unpaired) electrons. The normalized spacial score (nSPS) is 10.3. The van der Waals surface area contributed by atoms with Crippen molar-refractivity contribution in [3.8, 4) is 0 Å². The van der Waals surface area contributed by atoms with E-state index >= 15 is 0 Å². The Hall–Kier alpha value is -2.13. The number of likely N-dealkylation sites (N-methyl/N-ethyl adjacent to an activating group) is 1. The first-order chi connectivity index (χ1) is 10.3. The van der Waals surface area contributed by atoms with Gasteiger partial charge in [-0.2, -0.15) is 0 Å². The molecule has 2 rings (SSSR count). The fourth-order valence-electron chi connectivity index (χ4n) is 2.27. The molecule has 1 N–H and O–H groups in total. The maximum atomic E-state index is 12.2. The highest BCUT2D eigenvalue weighted by Crippen LogP contribution is 2.07. The molecule has 0 saturated heterocycles. The second kappa shape index (κ2) is 8.22. The summed E-state index contributed by atoms with van der Waals surface area (Å²) in [7, 11) is 1.80. The van der Waals surface area contributed by atoms with E-state index in [-0.39, 0.29) is 5.91 Å². The van der Waals surface area contributed by atoms with Crippen molar-refractivity contribution in [2.24, 2.45) is 0 Å². The highest BCUT2D eigenvalue weighted by atomic mass is 16.2. The zero-order valence-corrected chi connectivity index (χ0v) is 12.5. The molecule has 2 aromatic rings. The molecule has 0 spiro atoms. The summed E-state index contributed by atoms with van der Waals surface area (Å²) in [6.45, 7) is 1.77. The lowest BCUT2D eigenvalue weighted by Crippen LogP contribution is -2.38. The van der Waals surface area contributed by atoms with Gasteiger partial charge in [-0.05, 0) is 24.6 Å². The molecule has 21 heavy (non-hydrogen) atoms. The lowest BCUT2D eigenvalue weighted by Gasteiger charge is -2.23. The summed E-state index contributed by atoms with van der Waals surface area (Å²) in [6, 6.07) is 20.4. The average molecular weight is 282 g/mol. The molecule has 0 unspecified atom stereocenters. The van der Waals surface area contributed by atoms with Crippen LogP contribution >= 0.6 is 0 Å². The van der Waals surface area contributed by atoms with E-state index in [1.807, 2.05) is 41.3 Å². The minimum atomic E-state index is 0.136. The van der Waals surface area contributed by atoms with E-state index in [1.165, 1.54) is 5.56 Å². The average Bonchev–Trinajstić information content (AvgIpc) is 2.53. The van der Waals surface area contributed by atoms with Gasteiger partial charge in [0, 0.05) is 13.1 Å². The first kappa shape index (κ1) is 15.3. The topological polar surface area (TPSA) is 32.3 Å². The summed E-state index contributed by atoms with van der Waals surface area (Å²) < 4.78 is 0. The van der Waals surface area contributed by atoms with Gasteiger partial charge in [-0.1, -0.05) is 60.7 Å². The van der Waals surface area contributed by atoms with Gasteiger partial charge < -0.3 is 10.2 Å². The number of benzene rings is 2. The van der Waals surface area contributed by atoms with Crippen LogP contribution in [0, 0.1) is 0 Å². The summed E-state index contributed by atoms with van der Waals surface area (Å²) >= 11 is 0. The molecular formula is C18H22N2O. The predicted octanol–water partition coefficient (Wildman–Crippen LogP) is 2.48. The van der Waals surface area contributed by atoms with Crippen molar-refractivity contribution in [1.82, 2.24) is 10.2 Å². The maximum absolute atomic E-state index is 12.2. The number of nitrogens with zero attached hydrogens (tertiary/aromatic N) is 1. The van der Waals surface area contributed by atoms with Crippen LogP contribution in [0.25, 0.3) is 0 Å². The van der Waals surface area contributed by atoms with Crippen LogP contribution < -0.4 is 5.32 Å². The molecule has 110 valence electrons. The smallest absolute Gasteiger partial charge is 0.236 e. The number of carbonyl (C=O) groups is 1. The molecule has 0 aliphatic carbocycles. The Morgan fingerprint density at radius 1 is 0.952 bits per heavy atom. The van der Waals surface area contributed by atoms with Crippen LogP contribution in [-0.4, -0.2) is 30.9 Å². The zero-order chi connectivity index (χ0) is 14.9.